The van der Waals surface area contributed by atoms with Crippen molar-refractivity contribution < 1.29 is 18.0 Å². The van der Waals surface area contributed by atoms with Gasteiger partial charge in [0.15, 0.2) is 0 Å². The third-order valence-corrected chi connectivity index (χ3v) is 8.80. The smallest absolute Gasteiger partial charge is 0.244 e. The minimum Gasteiger partial charge on any atom is -0.352 e. The standard InChI is InChI=1S/C31H37Cl2N3O4S/c1-6-23(4)34-31(38)29(18-24-11-8-7-9-12-24)35(19-25-26(32)13-10-14-27(25)33)30(37)20-36(41(5,39)40)28-16-15-21(2)17-22(28)3/h7-17,23,29H,6,18-20H2,1-5H3,(H,34,38)/t23-,29+/m0/s1. The van der Waals surface area contributed by atoms with Gasteiger partial charge >= 0.3 is 0 Å². The third-order valence-electron chi connectivity index (χ3n) is 6.96. The first-order valence-corrected chi connectivity index (χ1v) is 16.0. The van der Waals surface area contributed by atoms with E-state index in [1.54, 1.807) is 37.3 Å². The molecule has 220 valence electrons. The molecule has 0 unspecified atom stereocenters. The maximum absolute atomic E-state index is 14.2. The molecule has 0 spiro atoms. The number of carbonyl (C=O) groups excluding carboxylic acids is 2. The minimum atomic E-state index is -3.87. The number of aryl methyl sites for hydroxylation is 2. The number of hydrogen-bond donors (Lipinski definition) is 1. The van der Waals surface area contributed by atoms with Crippen molar-refractivity contribution in [3.63, 3.8) is 0 Å². The zero-order valence-corrected chi connectivity index (χ0v) is 26.4. The van der Waals surface area contributed by atoms with E-state index in [4.69, 9.17) is 23.2 Å². The molecule has 0 aliphatic carbocycles. The second-order valence-electron chi connectivity index (χ2n) is 10.3. The molecule has 7 nitrogen and oxygen atoms in total. The van der Waals surface area contributed by atoms with Crippen molar-refractivity contribution in [2.45, 2.75) is 59.2 Å². The van der Waals surface area contributed by atoms with E-state index in [-0.39, 0.29) is 24.9 Å². The lowest BCUT2D eigenvalue weighted by Gasteiger charge is -2.34. The van der Waals surface area contributed by atoms with E-state index in [9.17, 15) is 18.0 Å². The first kappa shape index (κ1) is 32.4. The summed E-state index contributed by atoms with van der Waals surface area (Å²) in [7, 11) is -3.87. The fourth-order valence-corrected chi connectivity index (χ4v) is 5.95. The quantitative estimate of drug-likeness (QED) is 0.273. The SMILES string of the molecule is CC[C@H](C)NC(=O)[C@@H](Cc1ccccc1)N(Cc1c(Cl)cccc1Cl)C(=O)CN(c1ccc(C)cc1C)S(C)(=O)=O. The van der Waals surface area contributed by atoms with Crippen LogP contribution in [0.3, 0.4) is 0 Å². The molecule has 2 atom stereocenters. The summed E-state index contributed by atoms with van der Waals surface area (Å²) in [5.41, 5.74) is 3.38. The van der Waals surface area contributed by atoms with Crippen molar-refractivity contribution in [3.8, 4) is 0 Å². The number of benzene rings is 3. The number of carbonyl (C=O) groups is 2. The summed E-state index contributed by atoms with van der Waals surface area (Å²) >= 11 is 13.0. The summed E-state index contributed by atoms with van der Waals surface area (Å²) < 4.78 is 27.1. The number of sulfonamides is 1. The number of anilines is 1. The molecule has 0 aromatic heterocycles. The second-order valence-corrected chi connectivity index (χ2v) is 13.0. The molecule has 1 N–H and O–H groups in total. The van der Waals surface area contributed by atoms with Gasteiger partial charge in [0.2, 0.25) is 21.8 Å². The van der Waals surface area contributed by atoms with Gasteiger partial charge in [-0.3, -0.25) is 13.9 Å². The normalized spacial score (nSPS) is 12.9. The van der Waals surface area contributed by atoms with E-state index in [0.717, 1.165) is 21.7 Å². The van der Waals surface area contributed by atoms with Crippen molar-refractivity contribution in [1.29, 1.82) is 0 Å². The molecule has 3 aromatic rings. The molecule has 3 aromatic carbocycles. The Morgan fingerprint density at radius 1 is 0.951 bits per heavy atom. The van der Waals surface area contributed by atoms with E-state index in [1.165, 1.54) is 4.90 Å². The van der Waals surface area contributed by atoms with Gasteiger partial charge in [0.05, 0.1) is 11.9 Å². The van der Waals surface area contributed by atoms with Crippen molar-refractivity contribution in [1.82, 2.24) is 10.2 Å². The lowest BCUT2D eigenvalue weighted by molar-refractivity contribution is -0.140. The Morgan fingerprint density at radius 3 is 2.15 bits per heavy atom. The Balaban J connectivity index is 2.13. The fourth-order valence-electron chi connectivity index (χ4n) is 4.53. The van der Waals surface area contributed by atoms with Gasteiger partial charge in [-0.15, -0.1) is 0 Å². The van der Waals surface area contributed by atoms with Crippen LogP contribution in [0.1, 0.15) is 42.5 Å². The largest absolute Gasteiger partial charge is 0.352 e. The van der Waals surface area contributed by atoms with E-state index in [2.05, 4.69) is 5.32 Å². The lowest BCUT2D eigenvalue weighted by Crippen LogP contribution is -2.54. The van der Waals surface area contributed by atoms with Crippen LogP contribution in [0.25, 0.3) is 0 Å². The van der Waals surface area contributed by atoms with Gasteiger partial charge in [0, 0.05) is 34.6 Å². The number of halogens is 2. The zero-order valence-electron chi connectivity index (χ0n) is 24.0. The van der Waals surface area contributed by atoms with Crippen molar-refractivity contribution in [2.75, 3.05) is 17.1 Å². The van der Waals surface area contributed by atoms with Gasteiger partial charge in [0.25, 0.3) is 0 Å². The van der Waals surface area contributed by atoms with Crippen molar-refractivity contribution >= 4 is 50.7 Å². The van der Waals surface area contributed by atoms with Crippen LogP contribution >= 0.6 is 23.2 Å². The number of rotatable bonds is 12. The maximum Gasteiger partial charge on any atom is 0.244 e. The predicted molar refractivity (Wildman–Crippen MR) is 167 cm³/mol. The molecular weight excluding hydrogens is 581 g/mol. The van der Waals surface area contributed by atoms with Crippen LogP contribution in [0.5, 0.6) is 0 Å². The Morgan fingerprint density at radius 2 is 1.59 bits per heavy atom. The Hall–Kier alpha value is -3.07. The van der Waals surface area contributed by atoms with Crippen LogP contribution in [-0.4, -0.2) is 50.0 Å². The van der Waals surface area contributed by atoms with Gasteiger partial charge in [-0.05, 0) is 56.5 Å². The van der Waals surface area contributed by atoms with Crippen LogP contribution in [-0.2, 0) is 32.6 Å². The van der Waals surface area contributed by atoms with E-state index >= 15 is 0 Å². The second kappa shape index (κ2) is 14.2. The molecule has 0 aliphatic heterocycles. The molecule has 0 saturated carbocycles. The first-order chi connectivity index (χ1) is 19.3. The maximum atomic E-state index is 14.2. The summed E-state index contributed by atoms with van der Waals surface area (Å²) in [6.07, 6.45) is 1.97. The summed E-state index contributed by atoms with van der Waals surface area (Å²) in [6, 6.07) is 18.6. The summed E-state index contributed by atoms with van der Waals surface area (Å²) in [5, 5.41) is 3.68. The third kappa shape index (κ3) is 8.71. The van der Waals surface area contributed by atoms with Crippen LogP contribution in [0, 0.1) is 13.8 Å². The molecule has 0 fully saturated rings. The zero-order chi connectivity index (χ0) is 30.3. The minimum absolute atomic E-state index is 0.0900. The highest BCUT2D eigenvalue weighted by Gasteiger charge is 2.34. The first-order valence-electron chi connectivity index (χ1n) is 13.4. The molecule has 41 heavy (non-hydrogen) atoms. The van der Waals surface area contributed by atoms with Crippen LogP contribution in [0.15, 0.2) is 66.7 Å². The van der Waals surface area contributed by atoms with Gasteiger partial charge in [-0.25, -0.2) is 8.42 Å². The van der Waals surface area contributed by atoms with Gasteiger partial charge in [-0.1, -0.05) is 84.2 Å². The van der Waals surface area contributed by atoms with Gasteiger partial charge in [-0.2, -0.15) is 0 Å². The van der Waals surface area contributed by atoms with Gasteiger partial charge < -0.3 is 10.2 Å². The number of hydrogen-bond acceptors (Lipinski definition) is 4. The number of amides is 2. The highest BCUT2D eigenvalue weighted by Crippen LogP contribution is 2.29. The molecule has 2 amide bonds. The van der Waals surface area contributed by atoms with Crippen molar-refractivity contribution in [3.05, 3.63) is 99.0 Å². The highest BCUT2D eigenvalue weighted by atomic mass is 35.5. The predicted octanol–water partition coefficient (Wildman–Crippen LogP) is 5.93. The summed E-state index contributed by atoms with van der Waals surface area (Å²) in [6.45, 7) is 6.95. The Bertz CT molecular complexity index is 1460. The van der Waals surface area contributed by atoms with Crippen molar-refractivity contribution in [2.24, 2.45) is 0 Å². The summed E-state index contributed by atoms with van der Waals surface area (Å²) in [4.78, 5) is 29.4. The van der Waals surface area contributed by atoms with Crippen LogP contribution < -0.4 is 9.62 Å². The lowest BCUT2D eigenvalue weighted by atomic mass is 10.0. The monoisotopic (exact) mass is 617 g/mol. The Labute approximate surface area is 253 Å². The number of nitrogens with one attached hydrogen (secondary N) is 1. The molecule has 10 heteroatoms. The molecule has 3 rings (SSSR count). The average Bonchev–Trinajstić information content (AvgIpc) is 2.90. The van der Waals surface area contributed by atoms with E-state index in [0.29, 0.717) is 33.3 Å². The molecule has 0 saturated heterocycles. The van der Waals surface area contributed by atoms with Crippen LogP contribution in [0.4, 0.5) is 5.69 Å². The van der Waals surface area contributed by atoms with E-state index in [1.807, 2.05) is 57.2 Å². The number of nitrogens with zero attached hydrogens (tertiary/aromatic N) is 2. The molecule has 0 aliphatic rings. The highest BCUT2D eigenvalue weighted by molar-refractivity contribution is 7.92. The molecular formula is C31H37Cl2N3O4S. The average molecular weight is 619 g/mol. The molecule has 0 radical (unpaired) electrons. The fraction of sp³-hybridized carbons (Fsp3) is 0.355. The van der Waals surface area contributed by atoms with Gasteiger partial charge in [0.1, 0.15) is 12.6 Å². The molecule has 0 bridgehead atoms. The molecule has 0 heterocycles. The summed E-state index contributed by atoms with van der Waals surface area (Å²) in [5.74, 6) is -0.913. The Kier molecular flexibility index (Phi) is 11.2. The van der Waals surface area contributed by atoms with E-state index < -0.39 is 28.5 Å². The topological polar surface area (TPSA) is 86.8 Å². The van der Waals surface area contributed by atoms with Crippen LogP contribution in [0.2, 0.25) is 10.0 Å².